The number of carbonyl (C=O) groups is 1. The van der Waals surface area contributed by atoms with Gasteiger partial charge in [0.1, 0.15) is 0 Å². The Kier molecular flexibility index (Phi) is 2.00. The van der Waals surface area contributed by atoms with Gasteiger partial charge in [0, 0.05) is 5.41 Å². The second kappa shape index (κ2) is 2.95. The van der Waals surface area contributed by atoms with E-state index in [0.29, 0.717) is 0 Å². The lowest BCUT2D eigenvalue weighted by molar-refractivity contribution is 0.0854. The molecule has 0 bridgehead atoms. The molecule has 0 aromatic carbocycles. The van der Waals surface area contributed by atoms with Crippen LogP contribution in [0.15, 0.2) is 17.5 Å². The van der Waals surface area contributed by atoms with Crippen molar-refractivity contribution in [3.8, 4) is 0 Å². The summed E-state index contributed by atoms with van der Waals surface area (Å²) in [6.45, 7) is 5.80. The number of H-pyrrole nitrogens is 1. The van der Waals surface area contributed by atoms with E-state index in [9.17, 15) is 4.79 Å². The Hall–Kier alpha value is -1.09. The van der Waals surface area contributed by atoms with Gasteiger partial charge in [-0.1, -0.05) is 20.8 Å². The summed E-state index contributed by atoms with van der Waals surface area (Å²) >= 11 is 1.65. The van der Waals surface area contributed by atoms with Gasteiger partial charge < -0.3 is 4.98 Å². The summed E-state index contributed by atoms with van der Waals surface area (Å²) in [7, 11) is 0. The van der Waals surface area contributed by atoms with Gasteiger partial charge in [0.05, 0.1) is 15.9 Å². The van der Waals surface area contributed by atoms with Crippen molar-refractivity contribution in [2.24, 2.45) is 5.41 Å². The Morgan fingerprint density at radius 3 is 2.71 bits per heavy atom. The highest BCUT2D eigenvalue weighted by Crippen LogP contribution is 2.26. The summed E-state index contributed by atoms with van der Waals surface area (Å²) in [5, 5.41) is 2.02. The van der Waals surface area contributed by atoms with E-state index in [4.69, 9.17) is 0 Å². The summed E-state index contributed by atoms with van der Waals surface area (Å²) < 4.78 is 1.15. The van der Waals surface area contributed by atoms with E-state index >= 15 is 0 Å². The molecule has 0 saturated heterocycles. The molecule has 14 heavy (non-hydrogen) atoms. The average molecular weight is 207 g/mol. The third kappa shape index (κ3) is 1.48. The van der Waals surface area contributed by atoms with Crippen LogP contribution in [0.2, 0.25) is 0 Å². The fourth-order valence-electron chi connectivity index (χ4n) is 1.37. The van der Waals surface area contributed by atoms with Crippen molar-refractivity contribution in [2.75, 3.05) is 0 Å². The predicted octanol–water partition coefficient (Wildman–Crippen LogP) is 3.46. The smallest absolute Gasteiger partial charge is 0.184 e. The van der Waals surface area contributed by atoms with E-state index in [0.717, 1.165) is 15.9 Å². The van der Waals surface area contributed by atoms with Crippen molar-refractivity contribution >= 4 is 27.3 Å². The molecule has 0 amide bonds. The highest BCUT2D eigenvalue weighted by molar-refractivity contribution is 7.17. The zero-order chi connectivity index (χ0) is 10.3. The summed E-state index contributed by atoms with van der Waals surface area (Å²) in [6, 6.07) is 3.94. The normalized spacial score (nSPS) is 12.2. The van der Waals surface area contributed by atoms with Crippen LogP contribution >= 0.6 is 11.3 Å². The highest BCUT2D eigenvalue weighted by Gasteiger charge is 2.24. The maximum absolute atomic E-state index is 11.9. The molecule has 1 N–H and O–H groups in total. The lowest BCUT2D eigenvalue weighted by atomic mass is 9.89. The fourth-order valence-corrected chi connectivity index (χ4v) is 2.16. The van der Waals surface area contributed by atoms with Crippen LogP contribution in [0, 0.1) is 5.41 Å². The van der Waals surface area contributed by atoms with Crippen LogP contribution in [-0.2, 0) is 0 Å². The zero-order valence-electron chi connectivity index (χ0n) is 8.55. The Morgan fingerprint density at radius 2 is 2.14 bits per heavy atom. The largest absolute Gasteiger partial charge is 0.351 e. The van der Waals surface area contributed by atoms with E-state index in [1.54, 1.807) is 11.3 Å². The Bertz CT molecular complexity index is 444. The molecule has 2 aromatic heterocycles. The number of nitrogens with one attached hydrogen (secondary N) is 1. The van der Waals surface area contributed by atoms with Gasteiger partial charge >= 0.3 is 0 Å². The van der Waals surface area contributed by atoms with Crippen LogP contribution in [0.3, 0.4) is 0 Å². The van der Waals surface area contributed by atoms with Crippen molar-refractivity contribution < 1.29 is 4.79 Å². The standard InChI is InChI=1S/C11H13NOS/c1-11(2,3)10(13)8-6-9-7(12-8)4-5-14-9/h4-6,12H,1-3H3. The van der Waals surface area contributed by atoms with Gasteiger partial charge in [-0.2, -0.15) is 0 Å². The molecule has 3 heteroatoms. The van der Waals surface area contributed by atoms with Crippen molar-refractivity contribution in [3.63, 3.8) is 0 Å². The van der Waals surface area contributed by atoms with Crippen molar-refractivity contribution in [2.45, 2.75) is 20.8 Å². The van der Waals surface area contributed by atoms with E-state index in [1.165, 1.54) is 0 Å². The second-order valence-corrected chi connectivity index (χ2v) is 5.41. The molecule has 0 aliphatic heterocycles. The molecule has 2 heterocycles. The van der Waals surface area contributed by atoms with Crippen LogP contribution in [0.1, 0.15) is 31.3 Å². The molecule has 0 unspecified atom stereocenters. The first kappa shape index (κ1) is 9.46. The minimum atomic E-state index is -0.313. The van der Waals surface area contributed by atoms with E-state index < -0.39 is 0 Å². The minimum absolute atomic E-state index is 0.168. The minimum Gasteiger partial charge on any atom is -0.351 e. The molecule has 74 valence electrons. The highest BCUT2D eigenvalue weighted by atomic mass is 32.1. The molecule has 2 aromatic rings. The number of carbonyl (C=O) groups excluding carboxylic acids is 1. The number of hydrogen-bond acceptors (Lipinski definition) is 2. The Morgan fingerprint density at radius 1 is 1.43 bits per heavy atom. The maximum atomic E-state index is 11.9. The van der Waals surface area contributed by atoms with Crippen molar-refractivity contribution in [1.82, 2.24) is 4.98 Å². The summed E-state index contributed by atoms with van der Waals surface area (Å²) in [5.74, 6) is 0.168. The van der Waals surface area contributed by atoms with Gasteiger partial charge in [-0.25, -0.2) is 0 Å². The van der Waals surface area contributed by atoms with Crippen LogP contribution in [0.4, 0.5) is 0 Å². The second-order valence-electron chi connectivity index (χ2n) is 4.46. The van der Waals surface area contributed by atoms with Gasteiger partial charge in [-0.3, -0.25) is 4.79 Å². The summed E-state index contributed by atoms with van der Waals surface area (Å²) in [4.78, 5) is 15.0. The Labute approximate surface area is 86.9 Å². The van der Waals surface area contributed by atoms with Gasteiger partial charge in [0.15, 0.2) is 5.78 Å². The van der Waals surface area contributed by atoms with Crippen LogP contribution in [0.25, 0.3) is 10.2 Å². The molecule has 0 aliphatic carbocycles. The molecule has 2 nitrogen and oxygen atoms in total. The number of ketones is 1. The number of rotatable bonds is 1. The molecule has 0 saturated carbocycles. The molecule has 0 spiro atoms. The number of aromatic amines is 1. The molecule has 2 rings (SSSR count). The SMILES string of the molecule is CC(C)(C)C(=O)c1cc2sccc2[nH]1. The lowest BCUT2D eigenvalue weighted by Crippen LogP contribution is -2.20. The van der Waals surface area contributed by atoms with E-state index in [2.05, 4.69) is 4.98 Å². The number of thiophene rings is 1. The van der Waals surface area contributed by atoms with Gasteiger partial charge in [-0.05, 0) is 17.5 Å². The first-order chi connectivity index (χ1) is 6.48. The Balaban J connectivity index is 2.45. The molecule has 0 radical (unpaired) electrons. The first-order valence-electron chi connectivity index (χ1n) is 4.59. The average Bonchev–Trinajstić information content (AvgIpc) is 2.58. The monoisotopic (exact) mass is 207 g/mol. The number of aromatic nitrogens is 1. The third-order valence-electron chi connectivity index (χ3n) is 2.17. The summed E-state index contributed by atoms with van der Waals surface area (Å²) in [5.41, 5.74) is 1.47. The third-order valence-corrected chi connectivity index (χ3v) is 3.03. The quantitative estimate of drug-likeness (QED) is 0.714. The number of hydrogen-bond donors (Lipinski definition) is 1. The lowest BCUT2D eigenvalue weighted by Gasteiger charge is -2.14. The van der Waals surface area contributed by atoms with Gasteiger partial charge in [0.2, 0.25) is 0 Å². The van der Waals surface area contributed by atoms with Crippen LogP contribution < -0.4 is 0 Å². The first-order valence-corrected chi connectivity index (χ1v) is 5.47. The molecule has 0 atom stereocenters. The van der Waals surface area contributed by atoms with E-state index in [-0.39, 0.29) is 11.2 Å². The zero-order valence-corrected chi connectivity index (χ0v) is 9.37. The van der Waals surface area contributed by atoms with Crippen LogP contribution in [0.5, 0.6) is 0 Å². The summed E-state index contributed by atoms with van der Waals surface area (Å²) in [6.07, 6.45) is 0. The number of fused-ring (bicyclic) bond motifs is 1. The number of Topliss-reactive ketones (excluding diaryl/α,β-unsaturated/α-hetero) is 1. The van der Waals surface area contributed by atoms with Crippen molar-refractivity contribution in [3.05, 3.63) is 23.2 Å². The predicted molar refractivity (Wildman–Crippen MR) is 60.0 cm³/mol. The van der Waals surface area contributed by atoms with Gasteiger partial charge in [-0.15, -0.1) is 11.3 Å². The van der Waals surface area contributed by atoms with Crippen LogP contribution in [-0.4, -0.2) is 10.8 Å². The molecular weight excluding hydrogens is 194 g/mol. The van der Waals surface area contributed by atoms with Crippen molar-refractivity contribution in [1.29, 1.82) is 0 Å². The van der Waals surface area contributed by atoms with Gasteiger partial charge in [0.25, 0.3) is 0 Å². The maximum Gasteiger partial charge on any atom is 0.184 e. The molecule has 0 fully saturated rings. The fraction of sp³-hybridized carbons (Fsp3) is 0.364. The molecular formula is C11H13NOS. The topological polar surface area (TPSA) is 32.9 Å². The van der Waals surface area contributed by atoms with E-state index in [1.807, 2.05) is 38.3 Å². The molecule has 0 aliphatic rings.